The molecule has 0 spiro atoms. The maximum Gasteiger partial charge on any atom is 0.472 e. The third-order valence-electron chi connectivity index (χ3n) is 15.3. The summed E-state index contributed by atoms with van der Waals surface area (Å²) in [6.45, 7) is 9.36. The minimum absolute atomic E-state index is 0.0986. The van der Waals surface area contributed by atoms with Gasteiger partial charge in [-0.25, -0.2) is 9.13 Å². The molecule has 3 N–H and O–H groups in total. The van der Waals surface area contributed by atoms with E-state index in [1.165, 1.54) is 135 Å². The van der Waals surface area contributed by atoms with Crippen molar-refractivity contribution in [3.05, 3.63) is 0 Å². The van der Waals surface area contributed by atoms with Crippen molar-refractivity contribution in [3.8, 4) is 0 Å². The van der Waals surface area contributed by atoms with Crippen molar-refractivity contribution in [2.75, 3.05) is 39.6 Å². The van der Waals surface area contributed by atoms with Crippen molar-refractivity contribution < 1.29 is 80.2 Å². The second kappa shape index (κ2) is 57.5. The number of carbonyl (C=O) groups excluding carboxylic acids is 4. The third kappa shape index (κ3) is 57.8. The van der Waals surface area contributed by atoms with Crippen LogP contribution in [0.15, 0.2) is 0 Å². The number of unbranched alkanes of at least 4 members (excludes halogenated alkanes) is 33. The van der Waals surface area contributed by atoms with Crippen LogP contribution in [-0.4, -0.2) is 96.7 Å². The number of phosphoric acid groups is 2. The zero-order valence-electron chi connectivity index (χ0n) is 54.2. The predicted octanol–water partition coefficient (Wildman–Crippen LogP) is 18.0. The Morgan fingerprint density at radius 3 is 0.905 bits per heavy atom. The van der Waals surface area contributed by atoms with E-state index in [1.807, 2.05) is 0 Å². The van der Waals surface area contributed by atoms with E-state index in [9.17, 15) is 43.2 Å². The summed E-state index contributed by atoms with van der Waals surface area (Å²) in [7, 11) is -9.87. The van der Waals surface area contributed by atoms with Crippen molar-refractivity contribution in [3.63, 3.8) is 0 Å². The highest BCUT2D eigenvalue weighted by atomic mass is 31.2. The van der Waals surface area contributed by atoms with Gasteiger partial charge < -0.3 is 33.8 Å². The molecule has 84 heavy (non-hydrogen) atoms. The Morgan fingerprint density at radius 1 is 0.345 bits per heavy atom. The van der Waals surface area contributed by atoms with Crippen molar-refractivity contribution in [1.82, 2.24) is 0 Å². The van der Waals surface area contributed by atoms with Crippen LogP contribution in [0.1, 0.15) is 324 Å². The van der Waals surface area contributed by atoms with Crippen LogP contribution in [0.2, 0.25) is 0 Å². The molecule has 0 aromatic heterocycles. The van der Waals surface area contributed by atoms with Gasteiger partial charge in [-0.3, -0.25) is 37.3 Å². The quantitative estimate of drug-likeness (QED) is 0.0222. The highest BCUT2D eigenvalue weighted by Gasteiger charge is 2.30. The van der Waals surface area contributed by atoms with Gasteiger partial charge in [0, 0.05) is 25.7 Å². The number of hydrogen-bond acceptors (Lipinski definition) is 15. The molecule has 3 unspecified atom stereocenters. The fourth-order valence-corrected chi connectivity index (χ4v) is 11.3. The lowest BCUT2D eigenvalue weighted by Crippen LogP contribution is -2.30. The molecule has 0 amide bonds. The summed E-state index contributed by atoms with van der Waals surface area (Å²) in [5.41, 5.74) is 0. The normalized spacial score (nSPS) is 14.6. The van der Waals surface area contributed by atoms with E-state index >= 15 is 0 Å². The van der Waals surface area contributed by atoms with Crippen molar-refractivity contribution in [1.29, 1.82) is 0 Å². The van der Waals surface area contributed by atoms with Crippen LogP contribution in [0.4, 0.5) is 0 Å². The molecular formula is C65H126O17P2. The molecule has 0 aliphatic heterocycles. The molecule has 0 aliphatic carbocycles. The van der Waals surface area contributed by atoms with Gasteiger partial charge >= 0.3 is 39.5 Å². The van der Waals surface area contributed by atoms with E-state index in [-0.39, 0.29) is 25.7 Å². The lowest BCUT2D eigenvalue weighted by molar-refractivity contribution is -0.161. The van der Waals surface area contributed by atoms with Gasteiger partial charge in [0.25, 0.3) is 0 Å². The molecule has 0 aromatic rings. The van der Waals surface area contributed by atoms with Crippen molar-refractivity contribution in [2.45, 2.75) is 342 Å². The first-order valence-corrected chi connectivity index (χ1v) is 37.0. The summed E-state index contributed by atoms with van der Waals surface area (Å²) < 4.78 is 67.6. The van der Waals surface area contributed by atoms with Crippen LogP contribution in [0, 0.1) is 11.8 Å². The number of aliphatic hydroxyl groups excluding tert-OH is 1. The zero-order valence-corrected chi connectivity index (χ0v) is 56.0. The van der Waals surface area contributed by atoms with E-state index < -0.39 is 97.5 Å². The van der Waals surface area contributed by atoms with Crippen LogP contribution in [0.3, 0.4) is 0 Å². The Hall–Kier alpha value is -1.94. The maximum atomic E-state index is 13.0. The van der Waals surface area contributed by atoms with E-state index in [4.69, 9.17) is 37.0 Å². The predicted molar refractivity (Wildman–Crippen MR) is 335 cm³/mol. The Kier molecular flexibility index (Phi) is 56.2. The zero-order chi connectivity index (χ0) is 62.2. The fourth-order valence-electron chi connectivity index (χ4n) is 9.68. The number of rotatable bonds is 64. The van der Waals surface area contributed by atoms with Crippen molar-refractivity contribution >= 4 is 39.5 Å². The summed E-state index contributed by atoms with van der Waals surface area (Å²) in [6, 6.07) is 0. The molecule has 498 valence electrons. The van der Waals surface area contributed by atoms with Gasteiger partial charge in [0.05, 0.1) is 26.4 Å². The minimum atomic E-state index is -4.94. The summed E-state index contributed by atoms with van der Waals surface area (Å²) in [6.07, 6.45) is 41.3. The fraction of sp³-hybridized carbons (Fsp3) is 0.938. The number of aliphatic hydroxyl groups is 1. The van der Waals surface area contributed by atoms with E-state index in [0.29, 0.717) is 25.7 Å². The first kappa shape index (κ1) is 82.1. The highest BCUT2D eigenvalue weighted by molar-refractivity contribution is 7.47. The van der Waals surface area contributed by atoms with Gasteiger partial charge in [-0.05, 0) is 37.5 Å². The Morgan fingerprint density at radius 2 is 0.607 bits per heavy atom. The van der Waals surface area contributed by atoms with E-state index in [0.717, 1.165) is 108 Å². The molecule has 0 radical (unpaired) electrons. The number of ether oxygens (including phenoxy) is 4. The second-order valence-electron chi connectivity index (χ2n) is 24.2. The Labute approximate surface area is 511 Å². The molecule has 19 heteroatoms. The van der Waals surface area contributed by atoms with Crippen LogP contribution >= 0.6 is 15.6 Å². The molecule has 6 atom stereocenters. The molecule has 0 heterocycles. The molecule has 0 aliphatic rings. The molecule has 0 saturated heterocycles. The molecular weight excluding hydrogens is 1110 g/mol. The number of carbonyl (C=O) groups is 4. The monoisotopic (exact) mass is 1240 g/mol. The molecule has 17 nitrogen and oxygen atoms in total. The smallest absolute Gasteiger partial charge is 0.462 e. The number of hydrogen-bond donors (Lipinski definition) is 3. The van der Waals surface area contributed by atoms with Crippen LogP contribution in [0.25, 0.3) is 0 Å². The van der Waals surface area contributed by atoms with Gasteiger partial charge in [-0.15, -0.1) is 0 Å². The summed E-state index contributed by atoms with van der Waals surface area (Å²) in [5, 5.41) is 10.5. The van der Waals surface area contributed by atoms with Crippen LogP contribution < -0.4 is 0 Å². The largest absolute Gasteiger partial charge is 0.472 e. The van der Waals surface area contributed by atoms with Gasteiger partial charge in [0.15, 0.2) is 12.2 Å². The first-order chi connectivity index (χ1) is 40.4. The minimum Gasteiger partial charge on any atom is -0.462 e. The van der Waals surface area contributed by atoms with E-state index in [1.54, 1.807) is 0 Å². The lowest BCUT2D eigenvalue weighted by atomic mass is 9.99. The Bertz CT molecular complexity index is 1650. The van der Waals surface area contributed by atoms with Gasteiger partial charge in [0.1, 0.15) is 19.3 Å². The molecule has 0 saturated carbocycles. The molecule has 0 rings (SSSR count). The standard InChI is InChI=1S/C65H126O17P2/c1-7-10-12-33-41-47-62(67)75-53-60(81-64(69)49-43-34-13-11-8-2)55-79-83(71,72)77-51-59(66)52-78-84(73,74)80-56-61(54-76-63(68)48-42-37-31-28-24-25-29-35-39-45-57(4)5)82-65(70)50-44-38-32-27-23-21-19-17-15-14-16-18-20-22-26-30-36-40-46-58(6)9-3/h57-61,66H,7-56H2,1-6H3,(H,71,72)(H,73,74)/t58?,59-,60+,61+/m0/s1. The summed E-state index contributed by atoms with van der Waals surface area (Å²) in [5.74, 6) is -0.541. The van der Waals surface area contributed by atoms with Gasteiger partial charge in [-0.1, -0.05) is 273 Å². The topological polar surface area (TPSA) is 237 Å². The van der Waals surface area contributed by atoms with Crippen LogP contribution in [-0.2, 0) is 65.4 Å². The average molecular weight is 1240 g/mol. The summed E-state index contributed by atoms with van der Waals surface area (Å²) in [4.78, 5) is 71.7. The first-order valence-electron chi connectivity index (χ1n) is 34.0. The van der Waals surface area contributed by atoms with Gasteiger partial charge in [-0.2, -0.15) is 0 Å². The molecule has 0 aromatic carbocycles. The second-order valence-corrected chi connectivity index (χ2v) is 27.1. The highest BCUT2D eigenvalue weighted by Crippen LogP contribution is 2.45. The number of phosphoric ester groups is 2. The van der Waals surface area contributed by atoms with E-state index in [2.05, 4.69) is 41.5 Å². The van der Waals surface area contributed by atoms with Crippen molar-refractivity contribution in [2.24, 2.45) is 11.8 Å². The lowest BCUT2D eigenvalue weighted by Gasteiger charge is -2.21. The van der Waals surface area contributed by atoms with Gasteiger partial charge in [0.2, 0.25) is 0 Å². The molecule has 0 fully saturated rings. The SMILES string of the molecule is CCCCCCCC(=O)OC[C@H](COP(=O)(O)OC[C@H](O)COP(=O)(O)OC[C@@H](COC(=O)CCCCCCCCCCCC(C)C)OC(=O)CCCCCCCCCCCCCCCCCCCCC(C)CC)OC(=O)CCCCCCC. The Balaban J connectivity index is 5.02. The third-order valence-corrected chi connectivity index (χ3v) is 17.2. The molecule has 0 bridgehead atoms. The summed E-state index contributed by atoms with van der Waals surface area (Å²) >= 11 is 0. The number of esters is 4. The average Bonchev–Trinajstić information content (AvgIpc) is 3.65. The van der Waals surface area contributed by atoms with Crippen LogP contribution in [0.5, 0.6) is 0 Å². The maximum absolute atomic E-state index is 13.0.